The Morgan fingerprint density at radius 1 is 1.46 bits per heavy atom. The lowest BCUT2D eigenvalue weighted by Gasteiger charge is -2.13. The molecule has 0 unspecified atom stereocenters. The molecule has 0 atom stereocenters. The van der Waals surface area contributed by atoms with E-state index < -0.39 is 0 Å². The van der Waals surface area contributed by atoms with E-state index in [1.807, 2.05) is 17.7 Å². The topological polar surface area (TPSA) is 43.8 Å². The smallest absolute Gasteiger partial charge is 0.145 e. The molecular weight excluding hydrogens is 162 g/mol. The summed E-state index contributed by atoms with van der Waals surface area (Å²) in [6.07, 6.45) is 2.41. The molecule has 2 N–H and O–H groups in total. The van der Waals surface area contributed by atoms with Gasteiger partial charge in [-0.05, 0) is 12.8 Å². The molecule has 1 heterocycles. The molecule has 0 saturated heterocycles. The van der Waals surface area contributed by atoms with Crippen molar-refractivity contribution in [3.05, 3.63) is 11.8 Å². The molecule has 0 aromatic carbocycles. The highest BCUT2D eigenvalue weighted by Gasteiger charge is 2.07. The summed E-state index contributed by atoms with van der Waals surface area (Å²) in [7, 11) is 0. The van der Waals surface area contributed by atoms with Gasteiger partial charge in [0.05, 0.1) is 0 Å². The molecular formula is C10H19N3. The van der Waals surface area contributed by atoms with Crippen molar-refractivity contribution in [1.82, 2.24) is 9.78 Å². The number of nitrogens with two attached hydrogens (primary N) is 1. The SMILES string of the molecule is CCC(CC)Cn1nc(N)cc1C. The third-order valence-electron chi connectivity index (χ3n) is 2.59. The van der Waals surface area contributed by atoms with E-state index in [1.54, 1.807) is 0 Å². The Kier molecular flexibility index (Phi) is 3.34. The highest BCUT2D eigenvalue weighted by molar-refractivity contribution is 5.28. The van der Waals surface area contributed by atoms with E-state index in [-0.39, 0.29) is 0 Å². The van der Waals surface area contributed by atoms with Crippen LogP contribution in [-0.2, 0) is 6.54 Å². The molecule has 0 radical (unpaired) electrons. The molecule has 0 aliphatic rings. The quantitative estimate of drug-likeness (QED) is 0.774. The Balaban J connectivity index is 2.67. The Labute approximate surface area is 79.9 Å². The van der Waals surface area contributed by atoms with Crippen LogP contribution < -0.4 is 5.73 Å². The largest absolute Gasteiger partial charge is 0.382 e. The second-order valence-corrected chi connectivity index (χ2v) is 3.58. The molecule has 3 nitrogen and oxygen atoms in total. The fourth-order valence-corrected chi connectivity index (χ4v) is 1.51. The standard InChI is InChI=1S/C10H19N3/c1-4-9(5-2)7-13-8(3)6-10(11)12-13/h6,9H,4-5,7H2,1-3H3,(H2,11,12). The molecule has 13 heavy (non-hydrogen) atoms. The molecule has 1 aromatic heterocycles. The summed E-state index contributed by atoms with van der Waals surface area (Å²) in [4.78, 5) is 0. The fourth-order valence-electron chi connectivity index (χ4n) is 1.51. The second kappa shape index (κ2) is 4.30. The van der Waals surface area contributed by atoms with Gasteiger partial charge in [-0.15, -0.1) is 0 Å². The first-order chi connectivity index (χ1) is 6.17. The fraction of sp³-hybridized carbons (Fsp3) is 0.700. The maximum atomic E-state index is 5.61. The minimum absolute atomic E-state index is 0.628. The molecule has 0 spiro atoms. The van der Waals surface area contributed by atoms with Crippen LogP contribution in [0.2, 0.25) is 0 Å². The minimum atomic E-state index is 0.628. The molecule has 0 aliphatic heterocycles. The first-order valence-electron chi connectivity index (χ1n) is 4.97. The first kappa shape index (κ1) is 10.1. The van der Waals surface area contributed by atoms with Crippen LogP contribution in [-0.4, -0.2) is 9.78 Å². The van der Waals surface area contributed by atoms with Gasteiger partial charge in [-0.25, -0.2) is 0 Å². The van der Waals surface area contributed by atoms with Crippen LogP contribution in [0.3, 0.4) is 0 Å². The van der Waals surface area contributed by atoms with Crippen LogP contribution in [0.25, 0.3) is 0 Å². The lowest BCUT2D eigenvalue weighted by Crippen LogP contribution is -2.11. The molecule has 0 saturated carbocycles. The predicted molar refractivity (Wildman–Crippen MR) is 55.4 cm³/mol. The normalized spacial score (nSPS) is 11.1. The summed E-state index contributed by atoms with van der Waals surface area (Å²) < 4.78 is 2.01. The third kappa shape index (κ3) is 2.47. The molecule has 0 fully saturated rings. The van der Waals surface area contributed by atoms with E-state index in [4.69, 9.17) is 5.73 Å². The highest BCUT2D eigenvalue weighted by Crippen LogP contribution is 2.13. The minimum Gasteiger partial charge on any atom is -0.382 e. The molecule has 0 bridgehead atoms. The maximum absolute atomic E-state index is 5.61. The van der Waals surface area contributed by atoms with Crippen LogP contribution in [0, 0.1) is 12.8 Å². The van der Waals surface area contributed by atoms with Gasteiger partial charge in [0.25, 0.3) is 0 Å². The van der Waals surface area contributed by atoms with Crippen LogP contribution in [0.15, 0.2) is 6.07 Å². The van der Waals surface area contributed by atoms with Crippen molar-refractivity contribution < 1.29 is 0 Å². The van der Waals surface area contributed by atoms with E-state index in [1.165, 1.54) is 12.8 Å². The Morgan fingerprint density at radius 2 is 2.08 bits per heavy atom. The summed E-state index contributed by atoms with van der Waals surface area (Å²) in [5, 5.41) is 4.24. The van der Waals surface area contributed by atoms with Crippen molar-refractivity contribution >= 4 is 5.82 Å². The van der Waals surface area contributed by atoms with Crippen molar-refractivity contribution in [2.24, 2.45) is 5.92 Å². The molecule has 1 aromatic rings. The van der Waals surface area contributed by atoms with Gasteiger partial charge in [0.2, 0.25) is 0 Å². The van der Waals surface area contributed by atoms with Gasteiger partial charge in [-0.3, -0.25) is 4.68 Å². The number of rotatable bonds is 4. The number of hydrogen-bond donors (Lipinski definition) is 1. The van der Waals surface area contributed by atoms with E-state index >= 15 is 0 Å². The Hall–Kier alpha value is -0.990. The summed E-state index contributed by atoms with van der Waals surface area (Å²) in [6.45, 7) is 7.48. The average molecular weight is 181 g/mol. The Bertz CT molecular complexity index is 261. The number of nitrogen functional groups attached to an aromatic ring is 1. The molecule has 0 aliphatic carbocycles. The lowest BCUT2D eigenvalue weighted by atomic mass is 10.0. The van der Waals surface area contributed by atoms with Gasteiger partial charge in [-0.2, -0.15) is 5.10 Å². The van der Waals surface area contributed by atoms with Gasteiger partial charge in [-0.1, -0.05) is 26.7 Å². The van der Waals surface area contributed by atoms with Crippen molar-refractivity contribution in [3.63, 3.8) is 0 Å². The summed E-state index contributed by atoms with van der Waals surface area (Å²) >= 11 is 0. The summed E-state index contributed by atoms with van der Waals surface area (Å²) in [5.74, 6) is 1.35. The van der Waals surface area contributed by atoms with E-state index in [0.29, 0.717) is 5.82 Å². The number of hydrogen-bond acceptors (Lipinski definition) is 2. The molecule has 74 valence electrons. The molecule has 0 amide bonds. The van der Waals surface area contributed by atoms with E-state index in [9.17, 15) is 0 Å². The first-order valence-corrected chi connectivity index (χ1v) is 4.97. The van der Waals surface area contributed by atoms with Crippen LogP contribution in [0.5, 0.6) is 0 Å². The van der Waals surface area contributed by atoms with Crippen molar-refractivity contribution in [3.8, 4) is 0 Å². The van der Waals surface area contributed by atoms with Crippen molar-refractivity contribution in [1.29, 1.82) is 0 Å². The van der Waals surface area contributed by atoms with Crippen molar-refractivity contribution in [2.75, 3.05) is 5.73 Å². The summed E-state index contributed by atoms with van der Waals surface area (Å²) in [6, 6.07) is 1.92. The van der Waals surface area contributed by atoms with Gasteiger partial charge in [0.15, 0.2) is 0 Å². The zero-order valence-corrected chi connectivity index (χ0v) is 8.75. The zero-order valence-electron chi connectivity index (χ0n) is 8.75. The average Bonchev–Trinajstić information content (AvgIpc) is 2.41. The number of aromatic nitrogens is 2. The lowest BCUT2D eigenvalue weighted by molar-refractivity contribution is 0.392. The number of anilines is 1. The van der Waals surface area contributed by atoms with Crippen LogP contribution in [0.4, 0.5) is 5.82 Å². The van der Waals surface area contributed by atoms with E-state index in [0.717, 1.165) is 18.2 Å². The van der Waals surface area contributed by atoms with E-state index in [2.05, 4.69) is 18.9 Å². The van der Waals surface area contributed by atoms with Gasteiger partial charge in [0, 0.05) is 18.3 Å². The van der Waals surface area contributed by atoms with Gasteiger partial charge < -0.3 is 5.73 Å². The second-order valence-electron chi connectivity index (χ2n) is 3.58. The number of aryl methyl sites for hydroxylation is 1. The zero-order chi connectivity index (χ0) is 9.84. The van der Waals surface area contributed by atoms with Gasteiger partial charge >= 0.3 is 0 Å². The van der Waals surface area contributed by atoms with Crippen LogP contribution in [0.1, 0.15) is 32.4 Å². The van der Waals surface area contributed by atoms with Crippen LogP contribution >= 0.6 is 0 Å². The van der Waals surface area contributed by atoms with Crippen molar-refractivity contribution in [2.45, 2.75) is 40.2 Å². The predicted octanol–water partition coefficient (Wildman–Crippen LogP) is 2.21. The maximum Gasteiger partial charge on any atom is 0.145 e. The molecule has 1 rings (SSSR count). The van der Waals surface area contributed by atoms with Gasteiger partial charge in [0.1, 0.15) is 5.82 Å². The monoisotopic (exact) mass is 181 g/mol. The summed E-state index contributed by atoms with van der Waals surface area (Å²) in [5.41, 5.74) is 6.76. The third-order valence-corrected chi connectivity index (χ3v) is 2.59. The Morgan fingerprint density at radius 3 is 2.46 bits per heavy atom. The highest BCUT2D eigenvalue weighted by atomic mass is 15.3. The number of nitrogens with zero attached hydrogens (tertiary/aromatic N) is 2. The molecule has 3 heteroatoms.